The highest BCUT2D eigenvalue weighted by Crippen LogP contribution is 2.38. The van der Waals surface area contributed by atoms with Gasteiger partial charge in [-0.3, -0.25) is 52.7 Å². The van der Waals surface area contributed by atoms with E-state index in [0.29, 0.717) is 44.1 Å². The number of carbonyl (C=O) groups is 11. The second-order valence-electron chi connectivity index (χ2n) is 24.7. The maximum Gasteiger partial charge on any atom is 0.417 e. The molecule has 22 nitrogen and oxygen atoms in total. The molecule has 2 aliphatic carbocycles. The number of aryl methyl sites for hydroxylation is 1. The summed E-state index contributed by atoms with van der Waals surface area (Å²) in [6.07, 6.45) is 0.155. The molecule has 1 spiro atoms. The normalized spacial score (nSPS) is 27.7. The van der Waals surface area contributed by atoms with Crippen LogP contribution in [0, 0.1) is 17.8 Å². The summed E-state index contributed by atoms with van der Waals surface area (Å²) in [5.41, 5.74) is -2.24. The Bertz CT molecular complexity index is 2690. The summed E-state index contributed by atoms with van der Waals surface area (Å²) in [5, 5.41) is 10.9. The van der Waals surface area contributed by atoms with Crippen LogP contribution in [-0.4, -0.2) is 215 Å². The highest BCUT2D eigenvalue weighted by Gasteiger charge is 2.50. The number of nitrogens with zero attached hydrogens (tertiary/aromatic N) is 7. The van der Waals surface area contributed by atoms with E-state index in [4.69, 9.17) is 11.6 Å². The average Bonchev–Trinajstić information content (AvgIpc) is 1.81. The summed E-state index contributed by atoms with van der Waals surface area (Å²) in [7, 11) is 8.39. The summed E-state index contributed by atoms with van der Waals surface area (Å²) in [6.45, 7) is 10.5. The van der Waals surface area contributed by atoms with Gasteiger partial charge in [-0.05, 0) is 108 Å². The van der Waals surface area contributed by atoms with Crippen molar-refractivity contribution in [3.05, 3.63) is 34.3 Å². The van der Waals surface area contributed by atoms with E-state index < -0.39 is 161 Å². The van der Waals surface area contributed by atoms with Crippen molar-refractivity contribution in [1.29, 1.82) is 0 Å². The van der Waals surface area contributed by atoms with Crippen LogP contribution in [-0.2, 0) is 65.3 Å². The third kappa shape index (κ3) is 16.7. The Morgan fingerprint density at radius 2 is 1.24 bits per heavy atom. The molecule has 2 heterocycles. The second kappa shape index (κ2) is 29.9. The maximum absolute atomic E-state index is 15.1. The lowest BCUT2D eigenvalue weighted by Crippen LogP contribution is -2.64. The minimum absolute atomic E-state index is 0.0570. The molecular formula is C60H91ClF3N11O11. The van der Waals surface area contributed by atoms with Crippen molar-refractivity contribution in [2.24, 2.45) is 17.8 Å². The van der Waals surface area contributed by atoms with Crippen LogP contribution in [0.3, 0.4) is 0 Å². The van der Waals surface area contributed by atoms with Crippen LogP contribution in [0.4, 0.5) is 13.2 Å². The molecule has 0 radical (unpaired) electrons. The van der Waals surface area contributed by atoms with Crippen LogP contribution < -0.4 is 21.3 Å². The van der Waals surface area contributed by atoms with Gasteiger partial charge in [-0.15, -0.1) is 0 Å². The lowest BCUT2D eigenvalue weighted by molar-refractivity contribution is -0.151. The molecule has 86 heavy (non-hydrogen) atoms. The number of rotatable bonds is 7. The molecule has 26 heteroatoms. The fourth-order valence-corrected chi connectivity index (χ4v) is 12.6. The number of amides is 11. The highest BCUT2D eigenvalue weighted by molar-refractivity contribution is 6.31. The van der Waals surface area contributed by atoms with Crippen LogP contribution in [0.1, 0.15) is 143 Å². The molecule has 4 fully saturated rings. The van der Waals surface area contributed by atoms with E-state index in [2.05, 4.69) is 21.3 Å². The molecule has 5 rings (SSSR count). The second-order valence-corrected chi connectivity index (χ2v) is 25.1. The fourth-order valence-electron chi connectivity index (χ4n) is 12.2. The summed E-state index contributed by atoms with van der Waals surface area (Å²) in [5.74, 6) is -8.20. The molecule has 1 aromatic rings. The highest BCUT2D eigenvalue weighted by atomic mass is 35.5. The van der Waals surface area contributed by atoms with E-state index in [1.165, 1.54) is 76.9 Å². The van der Waals surface area contributed by atoms with Crippen molar-refractivity contribution < 1.29 is 65.9 Å². The largest absolute Gasteiger partial charge is 0.417 e. The molecule has 2 aliphatic heterocycles. The van der Waals surface area contributed by atoms with Crippen molar-refractivity contribution in [1.82, 2.24) is 55.6 Å². The first kappa shape index (κ1) is 70.2. The third-order valence-electron chi connectivity index (χ3n) is 18.1. The first-order valence-electron chi connectivity index (χ1n) is 30.1. The van der Waals surface area contributed by atoms with Gasteiger partial charge in [0, 0.05) is 61.3 Å². The number of nitrogens with one attached hydrogen (secondary N) is 4. The molecule has 4 N–H and O–H groups in total. The quantitative estimate of drug-likeness (QED) is 0.306. The topological polar surface area (TPSA) is 259 Å². The molecule has 4 aliphatic rings. The number of benzene rings is 1. The van der Waals surface area contributed by atoms with Crippen LogP contribution >= 0.6 is 11.6 Å². The predicted octanol–water partition coefficient (Wildman–Crippen LogP) is 3.75. The number of hydrogen-bond donors (Lipinski definition) is 4. The van der Waals surface area contributed by atoms with Crippen molar-refractivity contribution in [3.8, 4) is 0 Å². The minimum atomic E-state index is -4.75. The van der Waals surface area contributed by atoms with Crippen LogP contribution in [0.15, 0.2) is 18.2 Å². The van der Waals surface area contributed by atoms with E-state index in [1.54, 1.807) is 27.7 Å². The lowest BCUT2D eigenvalue weighted by atomic mass is 9.90. The van der Waals surface area contributed by atoms with Crippen molar-refractivity contribution in [2.75, 3.05) is 61.9 Å². The number of hydrogen-bond acceptors (Lipinski definition) is 11. The van der Waals surface area contributed by atoms with E-state index in [-0.39, 0.29) is 51.0 Å². The molecule has 0 unspecified atom stereocenters. The molecule has 2 saturated carbocycles. The summed E-state index contributed by atoms with van der Waals surface area (Å²) in [6, 6.07) is -5.92. The zero-order valence-electron chi connectivity index (χ0n) is 52.2. The van der Waals surface area contributed by atoms with Gasteiger partial charge >= 0.3 is 6.18 Å². The lowest BCUT2D eigenvalue weighted by Gasteiger charge is -2.40. The van der Waals surface area contributed by atoms with Crippen molar-refractivity contribution in [2.45, 2.75) is 198 Å². The molecule has 2 saturated heterocycles. The molecule has 0 bridgehead atoms. The Balaban J connectivity index is 1.53. The van der Waals surface area contributed by atoms with Gasteiger partial charge in [0.2, 0.25) is 65.0 Å². The van der Waals surface area contributed by atoms with Gasteiger partial charge in [0.05, 0.1) is 23.7 Å². The zero-order valence-corrected chi connectivity index (χ0v) is 53.0. The standard InChI is InChI=1S/C60H91ClF3N11O11/c1-14-35(4)48-56(84)70(9)32-46(77)69(8)33-47(78)73(12)49(34(2)3)57(85)72(11)38(7)51(79)66-43(26-24-39-23-25-41(42(61)31-39)60(62,63)64)55(83)75-29-19-22-44(75)53(81)68-59(27-17-18-28-59)58(86)74(13)50(40-20-15-16-21-40)54(82)65-36(5)30-45(76)71(10)37(6)52(80)67-48/h23,25,31,34-38,40,43-44,48-50H,14-22,24,26-30,32-33H2,1-13H3,(H,65,82)(H,66,79)(H,67,80)(H,68,81)/t35-,36+,37-,38+,43-,44-,48-,49-,50-/m0/s1. The number of likely N-dealkylation sites (N-methyl/N-ethyl adjacent to an activating group) is 6. The van der Waals surface area contributed by atoms with Gasteiger partial charge in [-0.2, -0.15) is 13.2 Å². The number of alkyl halides is 3. The summed E-state index contributed by atoms with van der Waals surface area (Å²) >= 11 is 6.09. The van der Waals surface area contributed by atoms with E-state index in [9.17, 15) is 61.1 Å². The van der Waals surface area contributed by atoms with Crippen LogP contribution in [0.2, 0.25) is 5.02 Å². The first-order chi connectivity index (χ1) is 40.2. The molecule has 11 amide bonds. The van der Waals surface area contributed by atoms with Gasteiger partial charge in [0.25, 0.3) is 0 Å². The molecule has 9 atom stereocenters. The number of halogens is 4. The Morgan fingerprint density at radius 3 is 1.83 bits per heavy atom. The van der Waals surface area contributed by atoms with Gasteiger partial charge < -0.3 is 55.6 Å². The van der Waals surface area contributed by atoms with Gasteiger partial charge in [0.15, 0.2) is 0 Å². The molecule has 480 valence electrons. The zero-order chi connectivity index (χ0) is 64.4. The molecule has 1 aromatic carbocycles. The Labute approximate surface area is 508 Å². The van der Waals surface area contributed by atoms with Gasteiger partial charge in [-0.1, -0.05) is 77.5 Å². The Hall–Kier alpha value is -6.53. The van der Waals surface area contributed by atoms with Crippen LogP contribution in [0.25, 0.3) is 0 Å². The minimum Gasteiger partial charge on any atom is -0.351 e. The monoisotopic (exact) mass is 1230 g/mol. The smallest absolute Gasteiger partial charge is 0.351 e. The van der Waals surface area contributed by atoms with E-state index in [1.807, 2.05) is 6.92 Å². The predicted molar refractivity (Wildman–Crippen MR) is 314 cm³/mol. The van der Waals surface area contributed by atoms with Gasteiger partial charge in [-0.25, -0.2) is 0 Å². The molecule has 0 aromatic heterocycles. The van der Waals surface area contributed by atoms with Crippen molar-refractivity contribution in [3.63, 3.8) is 0 Å². The summed E-state index contributed by atoms with van der Waals surface area (Å²) < 4.78 is 41.2. The van der Waals surface area contributed by atoms with E-state index in [0.717, 1.165) is 44.6 Å². The maximum atomic E-state index is 15.1. The summed E-state index contributed by atoms with van der Waals surface area (Å²) in [4.78, 5) is 166. The third-order valence-corrected chi connectivity index (χ3v) is 18.5. The Kier molecular flexibility index (Phi) is 24.4. The van der Waals surface area contributed by atoms with Gasteiger partial charge in [0.1, 0.15) is 47.8 Å². The Morgan fingerprint density at radius 1 is 0.651 bits per heavy atom. The number of carbonyl (C=O) groups excluding carboxylic acids is 11. The van der Waals surface area contributed by atoms with Crippen LogP contribution in [0.5, 0.6) is 0 Å². The first-order valence-corrected chi connectivity index (χ1v) is 30.5. The number of fused-ring (bicyclic) bond motifs is 1. The van der Waals surface area contributed by atoms with E-state index >= 15 is 4.79 Å². The average molecular weight is 1230 g/mol. The SMILES string of the molecule is CC[C@H](C)[C@@H]1NC(=O)[C@H](C)N(C)C(=O)C[C@@H](C)NC(=O)[C@H](C2CCCC2)N(C)C(=O)C2(CCCC2)NC(=O)[C@@H]2CCCN2C(=O)[C@H](CCc2ccc(C(F)(F)F)c(Cl)c2)NC(=O)[C@@H](C)N(C)C(=O)[C@H](C(C)C)N(C)C(=O)CN(C)C(=O)CN(C)C1=O. The molecular weight excluding hydrogens is 1140 g/mol. The van der Waals surface area contributed by atoms with Crippen molar-refractivity contribution >= 4 is 76.6 Å². The fraction of sp³-hybridized carbons (Fsp3) is 0.717.